The topological polar surface area (TPSA) is 170 Å². The van der Waals surface area contributed by atoms with Crippen LogP contribution in [0.15, 0.2) is 97.1 Å². The van der Waals surface area contributed by atoms with E-state index >= 15 is 0 Å². The summed E-state index contributed by atoms with van der Waals surface area (Å²) in [5.41, 5.74) is 6.94. The van der Waals surface area contributed by atoms with Gasteiger partial charge in [-0.1, -0.05) is 105 Å². The highest BCUT2D eigenvalue weighted by Crippen LogP contribution is 2.39. The maximum absolute atomic E-state index is 14.3. The fraction of sp³-hybridized carbons (Fsp3) is 0.263. The van der Waals surface area contributed by atoms with Crippen molar-refractivity contribution in [2.45, 2.75) is 58.2 Å². The minimum absolute atomic E-state index is 0.128. The Morgan fingerprint density at radius 1 is 0.804 bits per heavy atom. The summed E-state index contributed by atoms with van der Waals surface area (Å²) in [6, 6.07) is 30.4. The number of H-pyrrole nitrogens is 2. The molecular weight excluding hydrogens is 644 g/mol. The van der Waals surface area contributed by atoms with Gasteiger partial charge in [-0.05, 0) is 74.7 Å². The summed E-state index contributed by atoms with van der Waals surface area (Å²) < 4.78 is 0. The third-order valence-corrected chi connectivity index (χ3v) is 9.35. The monoisotopic (exact) mass is 682 g/mol. The summed E-state index contributed by atoms with van der Waals surface area (Å²) >= 11 is 0. The van der Waals surface area contributed by atoms with E-state index < -0.39 is 18.1 Å². The number of carboxylic acid groups (broad SMARTS) is 1. The van der Waals surface area contributed by atoms with E-state index in [1.54, 1.807) is 10.0 Å². The van der Waals surface area contributed by atoms with Gasteiger partial charge in [-0.2, -0.15) is 15.4 Å². The van der Waals surface area contributed by atoms with Crippen LogP contribution in [0.2, 0.25) is 0 Å². The van der Waals surface area contributed by atoms with Gasteiger partial charge in [0.25, 0.3) is 0 Å². The third kappa shape index (κ3) is 7.01. The summed E-state index contributed by atoms with van der Waals surface area (Å²) in [5.74, 6) is -0.618. The molecule has 1 aliphatic heterocycles. The van der Waals surface area contributed by atoms with Crippen LogP contribution in [0.5, 0.6) is 0 Å². The van der Waals surface area contributed by atoms with Crippen molar-refractivity contribution in [1.82, 2.24) is 51.3 Å². The number of aromatic nitrogens is 8. The van der Waals surface area contributed by atoms with E-state index in [9.17, 15) is 14.7 Å². The molecule has 7 rings (SSSR count). The first-order valence-electron chi connectivity index (χ1n) is 17.1. The molecule has 4 aromatic carbocycles. The first-order chi connectivity index (χ1) is 24.9. The van der Waals surface area contributed by atoms with E-state index in [1.165, 1.54) is 0 Å². The minimum atomic E-state index is -1.01. The van der Waals surface area contributed by atoms with Gasteiger partial charge in [0.1, 0.15) is 6.04 Å². The molecule has 2 atom stereocenters. The zero-order valence-electron chi connectivity index (χ0n) is 28.3. The van der Waals surface area contributed by atoms with Crippen molar-refractivity contribution < 1.29 is 14.7 Å². The molecule has 6 aromatic rings. The van der Waals surface area contributed by atoms with Crippen molar-refractivity contribution in [3.05, 3.63) is 108 Å². The van der Waals surface area contributed by atoms with E-state index in [0.29, 0.717) is 30.9 Å². The number of carbonyl (C=O) groups excluding carboxylic acids is 1. The molecule has 13 nitrogen and oxygen atoms in total. The standard InChI is InChI=1S/C38H38N10O3/c1-24(2)35(38(50)51)47(23-25-17-19-29(26-11-5-3-6-12-26)31(21-25)36-39-43-44-40-36)48-33(15-9-10-16-34(48)49)28-18-20-30(27-13-7-4-8-14-27)32(22-28)37-41-45-46-42-37/h3-8,11-14,17-22,24,33,35H,9-10,15-16,23H2,1-2H3,(H,50,51)(H,39,40,43,44)(H,41,42,45,46)/t33-,35-/m0/s1. The molecule has 1 saturated heterocycles. The second kappa shape index (κ2) is 14.8. The quantitative estimate of drug-likeness (QED) is 0.140. The summed E-state index contributed by atoms with van der Waals surface area (Å²) in [6.45, 7) is 3.89. The zero-order valence-corrected chi connectivity index (χ0v) is 28.3. The Morgan fingerprint density at radius 3 is 1.94 bits per heavy atom. The van der Waals surface area contributed by atoms with E-state index in [-0.39, 0.29) is 18.4 Å². The number of hydrogen-bond acceptors (Lipinski definition) is 9. The van der Waals surface area contributed by atoms with Crippen LogP contribution in [0.4, 0.5) is 0 Å². The average Bonchev–Trinajstić information content (AvgIpc) is 3.86. The molecule has 0 unspecified atom stereocenters. The molecule has 0 aliphatic carbocycles. The van der Waals surface area contributed by atoms with Gasteiger partial charge in [0.2, 0.25) is 17.6 Å². The number of aliphatic carboxylic acids is 1. The van der Waals surface area contributed by atoms with E-state index in [2.05, 4.69) is 41.2 Å². The van der Waals surface area contributed by atoms with E-state index in [1.807, 2.05) is 111 Å². The molecule has 258 valence electrons. The van der Waals surface area contributed by atoms with E-state index in [0.717, 1.165) is 50.9 Å². The number of carboxylic acids is 1. The predicted molar refractivity (Wildman–Crippen MR) is 190 cm³/mol. The maximum Gasteiger partial charge on any atom is 0.323 e. The van der Waals surface area contributed by atoms with Crippen LogP contribution in [0.25, 0.3) is 45.0 Å². The molecule has 51 heavy (non-hydrogen) atoms. The normalized spacial score (nSPS) is 15.6. The Balaban J connectivity index is 1.35. The Kier molecular flexibility index (Phi) is 9.70. The first kappa shape index (κ1) is 33.4. The highest BCUT2D eigenvalue weighted by molar-refractivity contribution is 5.83. The van der Waals surface area contributed by atoms with Crippen molar-refractivity contribution in [2.75, 3.05) is 0 Å². The number of hydrogen-bond donors (Lipinski definition) is 3. The molecule has 1 amide bonds. The van der Waals surface area contributed by atoms with Crippen LogP contribution >= 0.6 is 0 Å². The summed E-state index contributed by atoms with van der Waals surface area (Å²) in [6.07, 6.45) is 2.45. The lowest BCUT2D eigenvalue weighted by Gasteiger charge is -2.44. The number of tetrazole rings is 2. The Labute approximate surface area is 294 Å². The molecule has 0 saturated carbocycles. The molecule has 13 heteroatoms. The van der Waals surface area contributed by atoms with Gasteiger partial charge in [0.15, 0.2) is 0 Å². The number of carbonyl (C=O) groups is 2. The summed E-state index contributed by atoms with van der Waals surface area (Å²) in [4.78, 5) is 27.4. The van der Waals surface area contributed by atoms with Gasteiger partial charge in [-0.3, -0.25) is 14.6 Å². The molecular formula is C38H38N10O3. The SMILES string of the molecule is CC(C)[C@@H](C(=O)O)N(Cc1ccc(-c2ccccc2)c(-c2nn[nH]n2)c1)N1C(=O)CCCC[C@H]1c1ccc(-c2ccccc2)c(-c2nn[nH]n2)c1. The minimum Gasteiger partial charge on any atom is -0.480 e. The number of hydrazine groups is 1. The highest BCUT2D eigenvalue weighted by atomic mass is 16.4. The smallest absolute Gasteiger partial charge is 0.323 e. The molecule has 1 aliphatic rings. The van der Waals surface area contributed by atoms with Crippen LogP contribution < -0.4 is 0 Å². The Bertz CT molecular complexity index is 2090. The third-order valence-electron chi connectivity index (χ3n) is 9.35. The molecule has 2 aromatic heterocycles. The van der Waals surface area contributed by atoms with Gasteiger partial charge < -0.3 is 5.11 Å². The van der Waals surface area contributed by atoms with Crippen molar-refractivity contribution >= 4 is 11.9 Å². The fourth-order valence-corrected chi connectivity index (χ4v) is 7.03. The van der Waals surface area contributed by atoms with Crippen LogP contribution in [0, 0.1) is 5.92 Å². The fourth-order valence-electron chi connectivity index (χ4n) is 7.03. The number of amides is 1. The van der Waals surface area contributed by atoms with Crippen molar-refractivity contribution in [1.29, 1.82) is 0 Å². The first-order valence-corrected chi connectivity index (χ1v) is 17.1. The second-order valence-electron chi connectivity index (χ2n) is 13.0. The molecule has 0 bridgehead atoms. The Hall–Kier alpha value is -6.08. The van der Waals surface area contributed by atoms with Crippen LogP contribution in [0.1, 0.15) is 56.7 Å². The number of nitrogens with one attached hydrogen (secondary N) is 2. The van der Waals surface area contributed by atoms with Crippen LogP contribution in [-0.2, 0) is 16.1 Å². The predicted octanol–water partition coefficient (Wildman–Crippen LogP) is 6.35. The van der Waals surface area contributed by atoms with E-state index in [4.69, 9.17) is 0 Å². The highest BCUT2D eigenvalue weighted by Gasteiger charge is 2.40. The van der Waals surface area contributed by atoms with Crippen molar-refractivity contribution in [2.24, 2.45) is 5.92 Å². The molecule has 3 N–H and O–H groups in total. The summed E-state index contributed by atoms with van der Waals surface area (Å²) in [7, 11) is 0. The van der Waals surface area contributed by atoms with Gasteiger partial charge in [0.05, 0.1) is 6.04 Å². The lowest BCUT2D eigenvalue weighted by Crippen LogP contribution is -2.56. The summed E-state index contributed by atoms with van der Waals surface area (Å²) in [5, 5.41) is 44.1. The van der Waals surface area contributed by atoms with Gasteiger partial charge in [-0.15, -0.1) is 20.4 Å². The second-order valence-corrected chi connectivity index (χ2v) is 13.0. The number of aromatic amines is 2. The van der Waals surface area contributed by atoms with Crippen LogP contribution in [-0.4, -0.2) is 74.3 Å². The number of benzene rings is 4. The van der Waals surface area contributed by atoms with Gasteiger partial charge in [-0.25, -0.2) is 0 Å². The molecule has 0 spiro atoms. The van der Waals surface area contributed by atoms with Crippen LogP contribution in [0.3, 0.4) is 0 Å². The average molecular weight is 683 g/mol. The van der Waals surface area contributed by atoms with Crippen molar-refractivity contribution in [3.63, 3.8) is 0 Å². The molecule has 0 radical (unpaired) electrons. The van der Waals surface area contributed by atoms with Gasteiger partial charge in [0, 0.05) is 24.1 Å². The number of rotatable bonds is 11. The van der Waals surface area contributed by atoms with Gasteiger partial charge >= 0.3 is 5.97 Å². The Morgan fingerprint density at radius 2 is 1.39 bits per heavy atom. The molecule has 1 fully saturated rings. The lowest BCUT2D eigenvalue weighted by atomic mass is 9.93. The molecule has 3 heterocycles. The largest absolute Gasteiger partial charge is 0.480 e. The van der Waals surface area contributed by atoms with Crippen molar-refractivity contribution in [3.8, 4) is 45.0 Å². The lowest BCUT2D eigenvalue weighted by molar-refractivity contribution is -0.176. The number of nitrogens with zero attached hydrogens (tertiary/aromatic N) is 8. The zero-order chi connectivity index (χ0) is 35.3. The maximum atomic E-state index is 14.3.